The van der Waals surface area contributed by atoms with Crippen LogP contribution in [0.4, 0.5) is 13.2 Å². The number of likely N-dealkylation sites (tertiary alicyclic amines) is 2. The van der Waals surface area contributed by atoms with E-state index in [4.69, 9.17) is 14.6 Å². The third-order valence-corrected chi connectivity index (χ3v) is 5.98. The first-order valence-corrected chi connectivity index (χ1v) is 10.1. The molecule has 3 aliphatic rings. The molecule has 0 aliphatic carbocycles. The average Bonchev–Trinajstić information content (AvgIpc) is 3.40. The number of amides is 1. The van der Waals surface area contributed by atoms with Gasteiger partial charge in [-0.25, -0.2) is 4.79 Å². The van der Waals surface area contributed by atoms with Crippen LogP contribution in [0.15, 0.2) is 12.4 Å². The number of fused-ring (bicyclic) bond motifs is 1. The van der Waals surface area contributed by atoms with Crippen LogP contribution in [0.3, 0.4) is 0 Å². The van der Waals surface area contributed by atoms with Gasteiger partial charge in [-0.1, -0.05) is 0 Å². The van der Waals surface area contributed by atoms with Gasteiger partial charge in [0.1, 0.15) is 0 Å². The van der Waals surface area contributed by atoms with Gasteiger partial charge in [0.25, 0.3) is 5.91 Å². The second-order valence-electron chi connectivity index (χ2n) is 7.97. The molecule has 2 atom stereocenters. The molecule has 1 amide bonds. The van der Waals surface area contributed by atoms with Gasteiger partial charge in [0.2, 0.25) is 0 Å². The zero-order valence-corrected chi connectivity index (χ0v) is 16.8. The van der Waals surface area contributed by atoms with E-state index in [1.807, 2.05) is 13.2 Å². The smallest absolute Gasteiger partial charge is 0.475 e. The molecule has 30 heavy (non-hydrogen) atoms. The minimum atomic E-state index is -5.08. The SMILES string of the molecule is Cn1cc(C(=O)N2CC[C@@H]3[C@@H]2CCN3CC2CCOCC2)cn1.O=C(O)C(F)(F)F. The number of alkyl halides is 3. The number of hydrogen-bond acceptors (Lipinski definition) is 5. The summed E-state index contributed by atoms with van der Waals surface area (Å²) in [7, 11) is 1.86. The van der Waals surface area contributed by atoms with E-state index in [0.29, 0.717) is 12.1 Å². The molecular weight excluding hydrogens is 405 g/mol. The first-order chi connectivity index (χ1) is 14.2. The van der Waals surface area contributed by atoms with Gasteiger partial charge in [0, 0.05) is 58.2 Å². The first kappa shape index (κ1) is 22.5. The Morgan fingerprint density at radius 3 is 2.37 bits per heavy atom. The van der Waals surface area contributed by atoms with Gasteiger partial charge in [-0.2, -0.15) is 18.3 Å². The Balaban J connectivity index is 0.000000318. The summed E-state index contributed by atoms with van der Waals surface area (Å²) in [5, 5.41) is 11.3. The van der Waals surface area contributed by atoms with Gasteiger partial charge in [-0.3, -0.25) is 14.4 Å². The number of ether oxygens (including phenoxy) is 1. The van der Waals surface area contributed by atoms with Crippen molar-refractivity contribution in [2.75, 3.05) is 32.8 Å². The molecule has 11 heteroatoms. The zero-order valence-electron chi connectivity index (χ0n) is 16.8. The van der Waals surface area contributed by atoms with Gasteiger partial charge < -0.3 is 14.7 Å². The molecule has 1 aromatic rings. The van der Waals surface area contributed by atoms with Crippen molar-refractivity contribution in [2.24, 2.45) is 13.0 Å². The molecule has 1 aromatic heterocycles. The van der Waals surface area contributed by atoms with E-state index in [1.54, 1.807) is 10.9 Å². The van der Waals surface area contributed by atoms with Crippen molar-refractivity contribution in [3.63, 3.8) is 0 Å². The molecule has 3 fully saturated rings. The number of aromatic nitrogens is 2. The zero-order chi connectivity index (χ0) is 21.9. The lowest BCUT2D eigenvalue weighted by atomic mass is 9.99. The van der Waals surface area contributed by atoms with Gasteiger partial charge in [-0.05, 0) is 31.6 Å². The minimum Gasteiger partial charge on any atom is -0.475 e. The van der Waals surface area contributed by atoms with Crippen LogP contribution in [0.25, 0.3) is 0 Å². The summed E-state index contributed by atoms with van der Waals surface area (Å²) in [5.41, 5.74) is 0.719. The molecule has 4 heterocycles. The van der Waals surface area contributed by atoms with E-state index in [0.717, 1.165) is 50.6 Å². The highest BCUT2D eigenvalue weighted by atomic mass is 19.4. The van der Waals surface area contributed by atoms with Crippen LogP contribution < -0.4 is 0 Å². The van der Waals surface area contributed by atoms with Gasteiger partial charge >= 0.3 is 12.1 Å². The van der Waals surface area contributed by atoms with Crippen LogP contribution in [0.2, 0.25) is 0 Å². The van der Waals surface area contributed by atoms with Crippen molar-refractivity contribution in [1.29, 1.82) is 0 Å². The molecule has 3 aliphatic heterocycles. The summed E-state index contributed by atoms with van der Waals surface area (Å²) in [6, 6.07) is 0.945. The maximum absolute atomic E-state index is 12.7. The van der Waals surface area contributed by atoms with E-state index in [1.165, 1.54) is 19.4 Å². The summed E-state index contributed by atoms with van der Waals surface area (Å²) < 4.78 is 38.9. The number of aryl methyl sites for hydroxylation is 1. The highest BCUT2D eigenvalue weighted by molar-refractivity contribution is 5.94. The highest BCUT2D eigenvalue weighted by Crippen LogP contribution is 2.34. The van der Waals surface area contributed by atoms with Crippen LogP contribution in [-0.2, 0) is 16.6 Å². The van der Waals surface area contributed by atoms with Crippen LogP contribution in [0, 0.1) is 5.92 Å². The molecular formula is C19H27F3N4O4. The van der Waals surface area contributed by atoms with Crippen molar-refractivity contribution in [3.05, 3.63) is 18.0 Å². The van der Waals surface area contributed by atoms with Crippen molar-refractivity contribution >= 4 is 11.9 Å². The molecule has 168 valence electrons. The van der Waals surface area contributed by atoms with Crippen molar-refractivity contribution in [3.8, 4) is 0 Å². The molecule has 0 saturated carbocycles. The number of carbonyl (C=O) groups excluding carboxylic acids is 1. The molecule has 4 rings (SSSR count). The van der Waals surface area contributed by atoms with Crippen LogP contribution in [0.1, 0.15) is 36.0 Å². The molecule has 0 unspecified atom stereocenters. The molecule has 0 aromatic carbocycles. The predicted molar refractivity (Wildman–Crippen MR) is 99.9 cm³/mol. The fourth-order valence-corrected chi connectivity index (χ4v) is 4.51. The quantitative estimate of drug-likeness (QED) is 0.783. The van der Waals surface area contributed by atoms with Crippen LogP contribution in [-0.4, -0.2) is 87.7 Å². The topological polar surface area (TPSA) is 87.9 Å². The third kappa shape index (κ3) is 5.31. The average molecular weight is 432 g/mol. The number of carboxylic acids is 1. The minimum absolute atomic E-state index is 0.151. The number of carboxylic acid groups (broad SMARTS) is 1. The summed E-state index contributed by atoms with van der Waals surface area (Å²) in [4.78, 5) is 26.4. The van der Waals surface area contributed by atoms with E-state index < -0.39 is 12.1 Å². The summed E-state index contributed by atoms with van der Waals surface area (Å²) in [6.45, 7) is 5.02. The summed E-state index contributed by atoms with van der Waals surface area (Å²) in [5.74, 6) is -1.84. The predicted octanol–water partition coefficient (Wildman–Crippen LogP) is 1.77. The molecule has 0 bridgehead atoms. The Hall–Kier alpha value is -2.14. The van der Waals surface area contributed by atoms with Gasteiger partial charge in [0.15, 0.2) is 0 Å². The lowest BCUT2D eigenvalue weighted by Crippen LogP contribution is -2.41. The number of carbonyl (C=O) groups is 2. The second kappa shape index (κ2) is 9.34. The number of nitrogens with zero attached hydrogens (tertiary/aromatic N) is 4. The van der Waals surface area contributed by atoms with Crippen molar-refractivity contribution in [2.45, 2.75) is 43.9 Å². The number of rotatable bonds is 3. The second-order valence-corrected chi connectivity index (χ2v) is 7.97. The van der Waals surface area contributed by atoms with E-state index in [2.05, 4.69) is 14.9 Å². The third-order valence-electron chi connectivity index (χ3n) is 5.98. The van der Waals surface area contributed by atoms with Crippen molar-refractivity contribution in [1.82, 2.24) is 19.6 Å². The van der Waals surface area contributed by atoms with Gasteiger partial charge in [-0.15, -0.1) is 0 Å². The standard InChI is InChI=1S/C17H26N4O2.C2HF3O2/c1-19-12-14(10-18-19)17(22)21-7-3-15-16(21)2-6-20(15)11-13-4-8-23-9-5-13;3-2(4,5)1(6)7/h10,12-13,15-16H,2-9,11H2,1H3;(H,6,7)/t15-,16+;/m1./s1. The maximum atomic E-state index is 12.7. The molecule has 1 N–H and O–H groups in total. The normalized spacial score (nSPS) is 25.0. The number of hydrogen-bond donors (Lipinski definition) is 1. The monoisotopic (exact) mass is 432 g/mol. The Morgan fingerprint density at radius 1 is 1.17 bits per heavy atom. The summed E-state index contributed by atoms with van der Waals surface area (Å²) in [6.07, 6.45) is 3.02. The molecule has 0 radical (unpaired) electrons. The van der Waals surface area contributed by atoms with E-state index in [9.17, 15) is 18.0 Å². The van der Waals surface area contributed by atoms with Gasteiger partial charge in [0.05, 0.1) is 11.8 Å². The Kier molecular flexibility index (Phi) is 7.02. The summed E-state index contributed by atoms with van der Waals surface area (Å²) >= 11 is 0. The van der Waals surface area contributed by atoms with E-state index >= 15 is 0 Å². The van der Waals surface area contributed by atoms with Crippen LogP contribution in [0.5, 0.6) is 0 Å². The fraction of sp³-hybridized carbons (Fsp3) is 0.737. The Bertz CT molecular complexity index is 748. The largest absolute Gasteiger partial charge is 0.490 e. The molecule has 3 saturated heterocycles. The first-order valence-electron chi connectivity index (χ1n) is 10.1. The Morgan fingerprint density at radius 2 is 1.80 bits per heavy atom. The Labute approximate surface area is 172 Å². The fourth-order valence-electron chi connectivity index (χ4n) is 4.51. The lowest BCUT2D eigenvalue weighted by molar-refractivity contribution is -0.192. The highest BCUT2D eigenvalue weighted by Gasteiger charge is 2.45. The van der Waals surface area contributed by atoms with Crippen LogP contribution >= 0.6 is 0 Å². The van der Waals surface area contributed by atoms with E-state index in [-0.39, 0.29) is 5.91 Å². The maximum Gasteiger partial charge on any atom is 0.490 e. The number of aliphatic carboxylic acids is 1. The van der Waals surface area contributed by atoms with Crippen molar-refractivity contribution < 1.29 is 32.6 Å². The molecule has 8 nitrogen and oxygen atoms in total. The molecule has 0 spiro atoms. The number of halogens is 3. The lowest BCUT2D eigenvalue weighted by Gasteiger charge is -2.30.